The van der Waals surface area contributed by atoms with Gasteiger partial charge in [0.1, 0.15) is 0 Å². The third-order valence-electron chi connectivity index (χ3n) is 2.84. The fourth-order valence-electron chi connectivity index (χ4n) is 1.84. The molecule has 0 aliphatic heterocycles. The fourth-order valence-corrected chi connectivity index (χ4v) is 1.84. The Morgan fingerprint density at radius 2 is 1.94 bits per heavy atom. The molecule has 0 fully saturated rings. The number of hydrogen-bond acceptors (Lipinski definition) is 3. The zero-order chi connectivity index (χ0) is 13.0. The summed E-state index contributed by atoms with van der Waals surface area (Å²) in [5.74, 6) is 0. The van der Waals surface area contributed by atoms with Crippen LogP contribution >= 0.6 is 0 Å². The highest BCUT2D eigenvalue weighted by Crippen LogP contribution is 2.11. The molecule has 2 rings (SSSR count). The predicted octanol–water partition coefficient (Wildman–Crippen LogP) is 2.09. The number of benzene rings is 1. The maximum Gasteiger partial charge on any atom is 0.0946 e. The van der Waals surface area contributed by atoms with Crippen molar-refractivity contribution in [3.63, 3.8) is 0 Å². The number of anilines is 1. The van der Waals surface area contributed by atoms with Crippen molar-refractivity contribution in [2.24, 2.45) is 7.05 Å². The number of rotatable bonds is 5. The second kappa shape index (κ2) is 5.69. The standard InChI is InChI=1S/C14H20N4/c1-17(2)10-12-4-6-13(7-5-12)16-9-14-8-15-11-18(14)3/h4-8,11,16H,9-10H2,1-3H3. The van der Waals surface area contributed by atoms with Gasteiger partial charge >= 0.3 is 0 Å². The van der Waals surface area contributed by atoms with Crippen LogP contribution in [0.25, 0.3) is 0 Å². The zero-order valence-electron chi connectivity index (χ0n) is 11.2. The van der Waals surface area contributed by atoms with E-state index in [1.54, 1.807) is 0 Å². The lowest BCUT2D eigenvalue weighted by Crippen LogP contribution is -2.10. The molecule has 1 aromatic carbocycles. The first-order chi connectivity index (χ1) is 8.65. The second-order valence-corrected chi connectivity index (χ2v) is 4.78. The van der Waals surface area contributed by atoms with Crippen LogP contribution in [0.15, 0.2) is 36.8 Å². The molecule has 4 nitrogen and oxygen atoms in total. The Balaban J connectivity index is 1.92. The minimum absolute atomic E-state index is 0.795. The van der Waals surface area contributed by atoms with E-state index in [1.807, 2.05) is 24.1 Å². The molecular weight excluding hydrogens is 224 g/mol. The molecule has 0 amide bonds. The van der Waals surface area contributed by atoms with E-state index in [0.717, 1.165) is 18.8 Å². The maximum absolute atomic E-state index is 4.10. The first-order valence-electron chi connectivity index (χ1n) is 6.08. The van der Waals surface area contributed by atoms with E-state index in [9.17, 15) is 0 Å². The lowest BCUT2D eigenvalue weighted by molar-refractivity contribution is 0.402. The van der Waals surface area contributed by atoms with Crippen LogP contribution in [0.3, 0.4) is 0 Å². The van der Waals surface area contributed by atoms with Crippen molar-refractivity contribution in [1.82, 2.24) is 14.5 Å². The summed E-state index contributed by atoms with van der Waals surface area (Å²) in [6.45, 7) is 1.77. The fraction of sp³-hybridized carbons (Fsp3) is 0.357. The Morgan fingerprint density at radius 1 is 1.22 bits per heavy atom. The summed E-state index contributed by atoms with van der Waals surface area (Å²) in [7, 11) is 6.16. The van der Waals surface area contributed by atoms with E-state index in [1.165, 1.54) is 11.3 Å². The van der Waals surface area contributed by atoms with Crippen molar-refractivity contribution < 1.29 is 0 Å². The molecule has 18 heavy (non-hydrogen) atoms. The quantitative estimate of drug-likeness (QED) is 0.874. The van der Waals surface area contributed by atoms with Gasteiger partial charge in [-0.05, 0) is 31.8 Å². The van der Waals surface area contributed by atoms with Gasteiger partial charge in [0.25, 0.3) is 0 Å². The summed E-state index contributed by atoms with van der Waals surface area (Å²) in [5.41, 5.74) is 3.64. The summed E-state index contributed by atoms with van der Waals surface area (Å²) in [4.78, 5) is 6.26. The van der Waals surface area contributed by atoms with Gasteiger partial charge < -0.3 is 14.8 Å². The predicted molar refractivity (Wildman–Crippen MR) is 74.4 cm³/mol. The number of imidazole rings is 1. The largest absolute Gasteiger partial charge is 0.379 e. The molecule has 0 atom stereocenters. The van der Waals surface area contributed by atoms with E-state index in [4.69, 9.17) is 0 Å². The van der Waals surface area contributed by atoms with Crippen LogP contribution in [0.4, 0.5) is 5.69 Å². The van der Waals surface area contributed by atoms with Gasteiger partial charge in [0.2, 0.25) is 0 Å². The highest BCUT2D eigenvalue weighted by Gasteiger charge is 1.99. The Labute approximate surface area is 108 Å². The molecular formula is C14H20N4. The minimum Gasteiger partial charge on any atom is -0.379 e. The third-order valence-corrected chi connectivity index (χ3v) is 2.84. The van der Waals surface area contributed by atoms with Crippen molar-refractivity contribution in [3.8, 4) is 0 Å². The Hall–Kier alpha value is -1.81. The molecule has 4 heteroatoms. The summed E-state index contributed by atoms with van der Waals surface area (Å²) in [5, 5.41) is 3.39. The lowest BCUT2D eigenvalue weighted by Gasteiger charge is -2.11. The summed E-state index contributed by atoms with van der Waals surface area (Å²) in [6, 6.07) is 8.56. The van der Waals surface area contributed by atoms with Gasteiger partial charge in [0.05, 0.1) is 18.6 Å². The number of nitrogens with zero attached hydrogens (tertiary/aromatic N) is 3. The smallest absolute Gasteiger partial charge is 0.0946 e. The van der Waals surface area contributed by atoms with Gasteiger partial charge in [-0.3, -0.25) is 0 Å². The molecule has 0 spiro atoms. The summed E-state index contributed by atoms with van der Waals surface area (Å²) in [6.07, 6.45) is 3.70. The molecule has 2 aromatic rings. The Morgan fingerprint density at radius 3 is 2.50 bits per heavy atom. The Bertz CT molecular complexity index is 485. The molecule has 0 aliphatic rings. The van der Waals surface area contributed by atoms with Crippen LogP contribution < -0.4 is 5.32 Å². The van der Waals surface area contributed by atoms with Gasteiger partial charge in [-0.2, -0.15) is 0 Å². The van der Waals surface area contributed by atoms with Gasteiger partial charge in [0.15, 0.2) is 0 Å². The highest BCUT2D eigenvalue weighted by molar-refractivity contribution is 5.44. The first-order valence-corrected chi connectivity index (χ1v) is 6.08. The van der Waals surface area contributed by atoms with Crippen LogP contribution in [-0.4, -0.2) is 28.5 Å². The van der Waals surface area contributed by atoms with E-state index in [-0.39, 0.29) is 0 Å². The molecule has 0 saturated carbocycles. The average molecular weight is 244 g/mol. The second-order valence-electron chi connectivity index (χ2n) is 4.78. The molecule has 96 valence electrons. The van der Waals surface area contributed by atoms with E-state index >= 15 is 0 Å². The van der Waals surface area contributed by atoms with E-state index < -0.39 is 0 Å². The number of aryl methyl sites for hydroxylation is 1. The number of hydrogen-bond donors (Lipinski definition) is 1. The molecule has 1 aromatic heterocycles. The molecule has 0 bridgehead atoms. The third kappa shape index (κ3) is 3.34. The molecule has 1 N–H and O–H groups in total. The SMILES string of the molecule is CN(C)Cc1ccc(NCc2cncn2C)cc1. The molecule has 0 saturated heterocycles. The molecule has 1 heterocycles. The number of aromatic nitrogens is 2. The van der Waals surface area contributed by atoms with Crippen LogP contribution in [0.5, 0.6) is 0 Å². The number of nitrogens with one attached hydrogen (secondary N) is 1. The van der Waals surface area contributed by atoms with Crippen molar-refractivity contribution in [2.75, 3.05) is 19.4 Å². The molecule has 0 radical (unpaired) electrons. The minimum atomic E-state index is 0.795. The molecule has 0 unspecified atom stereocenters. The van der Waals surface area contributed by atoms with Crippen molar-refractivity contribution in [1.29, 1.82) is 0 Å². The van der Waals surface area contributed by atoms with Crippen LogP contribution in [0.2, 0.25) is 0 Å². The first kappa shape index (κ1) is 12.6. The van der Waals surface area contributed by atoms with Crippen LogP contribution in [0, 0.1) is 0 Å². The van der Waals surface area contributed by atoms with Crippen molar-refractivity contribution in [3.05, 3.63) is 48.0 Å². The normalized spacial score (nSPS) is 10.9. The van der Waals surface area contributed by atoms with E-state index in [0.29, 0.717) is 0 Å². The molecule has 0 aliphatic carbocycles. The topological polar surface area (TPSA) is 33.1 Å². The van der Waals surface area contributed by atoms with Crippen LogP contribution in [0.1, 0.15) is 11.3 Å². The van der Waals surface area contributed by atoms with Crippen molar-refractivity contribution in [2.45, 2.75) is 13.1 Å². The average Bonchev–Trinajstić information content (AvgIpc) is 2.73. The van der Waals surface area contributed by atoms with Crippen molar-refractivity contribution >= 4 is 5.69 Å². The maximum atomic E-state index is 4.10. The Kier molecular flexibility index (Phi) is 3.99. The monoisotopic (exact) mass is 244 g/mol. The van der Waals surface area contributed by atoms with Gasteiger partial charge in [-0.1, -0.05) is 12.1 Å². The zero-order valence-corrected chi connectivity index (χ0v) is 11.2. The highest BCUT2D eigenvalue weighted by atomic mass is 15.1. The van der Waals surface area contributed by atoms with Gasteiger partial charge in [-0.25, -0.2) is 4.98 Å². The van der Waals surface area contributed by atoms with Gasteiger partial charge in [0, 0.05) is 25.5 Å². The summed E-state index contributed by atoms with van der Waals surface area (Å²) < 4.78 is 2.02. The van der Waals surface area contributed by atoms with Crippen LogP contribution in [-0.2, 0) is 20.1 Å². The summed E-state index contributed by atoms with van der Waals surface area (Å²) >= 11 is 0. The van der Waals surface area contributed by atoms with E-state index in [2.05, 4.69) is 53.6 Å². The van der Waals surface area contributed by atoms with Gasteiger partial charge in [-0.15, -0.1) is 0 Å². The lowest BCUT2D eigenvalue weighted by atomic mass is 10.2.